The molecule has 27 heavy (non-hydrogen) atoms. The van der Waals surface area contributed by atoms with Gasteiger partial charge in [-0.2, -0.15) is 39.5 Å². The first-order valence-electron chi connectivity index (χ1n) is 6.16. The number of hydrogen-bond donors (Lipinski definition) is 0. The van der Waals surface area contributed by atoms with Crippen LogP contribution in [-0.2, 0) is 11.0 Å². The summed E-state index contributed by atoms with van der Waals surface area (Å²) in [4.78, 5) is 11.2. The molecule has 0 bridgehead atoms. The monoisotopic (exact) mass is 451 g/mol. The Hall–Kier alpha value is -1.69. The molecular weight excluding hydrogens is 449 g/mol. The SMILES string of the molecule is O=C(/C=C(\[O-])c1c(Cl)cc(C(F)(F)F)cc1Cl)C(F)(C(F)(F)F)C(F)(F)F. The first-order valence-corrected chi connectivity index (χ1v) is 6.91. The molecule has 0 aliphatic rings. The van der Waals surface area contributed by atoms with E-state index in [9.17, 15) is 53.8 Å². The van der Waals surface area contributed by atoms with Crippen LogP contribution in [0.5, 0.6) is 0 Å². The van der Waals surface area contributed by atoms with Crippen LogP contribution in [0.25, 0.3) is 5.76 Å². The fourth-order valence-corrected chi connectivity index (χ4v) is 2.38. The van der Waals surface area contributed by atoms with E-state index >= 15 is 0 Å². The van der Waals surface area contributed by atoms with Gasteiger partial charge >= 0.3 is 24.2 Å². The predicted molar refractivity (Wildman–Crippen MR) is 70.4 cm³/mol. The lowest BCUT2D eigenvalue weighted by molar-refractivity contribution is -0.323. The number of carbonyl (C=O) groups excluding carboxylic acids is 1. The molecule has 1 aromatic rings. The van der Waals surface area contributed by atoms with Gasteiger partial charge in [-0.05, 0) is 18.2 Å². The molecule has 0 saturated carbocycles. The van der Waals surface area contributed by atoms with E-state index in [0.29, 0.717) is 0 Å². The van der Waals surface area contributed by atoms with E-state index in [1.807, 2.05) is 0 Å². The maximum atomic E-state index is 13.5. The van der Waals surface area contributed by atoms with Crippen LogP contribution in [0.3, 0.4) is 0 Å². The molecule has 0 atom stereocenters. The Morgan fingerprint density at radius 3 is 1.52 bits per heavy atom. The van der Waals surface area contributed by atoms with Crippen LogP contribution >= 0.6 is 23.2 Å². The second kappa shape index (κ2) is 7.04. The molecule has 0 aliphatic heterocycles. The minimum absolute atomic E-state index is 0.0925. The Bertz CT molecular complexity index is 740. The van der Waals surface area contributed by atoms with Gasteiger partial charge in [-0.3, -0.25) is 4.79 Å². The van der Waals surface area contributed by atoms with Crippen molar-refractivity contribution < 1.29 is 53.8 Å². The zero-order valence-electron chi connectivity index (χ0n) is 12.1. The Balaban J connectivity index is 3.51. The number of allylic oxidation sites excluding steroid dienone is 1. The van der Waals surface area contributed by atoms with Crippen LogP contribution in [0.2, 0.25) is 10.0 Å². The van der Waals surface area contributed by atoms with E-state index in [0.717, 1.165) is 0 Å². The van der Waals surface area contributed by atoms with Crippen LogP contribution in [-0.4, -0.2) is 23.8 Å². The molecule has 0 unspecified atom stereocenters. The van der Waals surface area contributed by atoms with Gasteiger partial charge in [0.25, 0.3) is 0 Å². The van der Waals surface area contributed by atoms with Gasteiger partial charge < -0.3 is 5.11 Å². The van der Waals surface area contributed by atoms with Crippen molar-refractivity contribution in [2.75, 3.05) is 0 Å². The highest BCUT2D eigenvalue weighted by atomic mass is 35.5. The molecule has 0 aliphatic carbocycles. The number of alkyl halides is 10. The van der Waals surface area contributed by atoms with Crippen molar-refractivity contribution in [2.24, 2.45) is 0 Å². The summed E-state index contributed by atoms with van der Waals surface area (Å²) >= 11 is 10.7. The molecule has 0 heterocycles. The van der Waals surface area contributed by atoms with E-state index in [4.69, 9.17) is 23.2 Å². The van der Waals surface area contributed by atoms with Crippen LogP contribution in [0.4, 0.5) is 43.9 Å². The molecule has 0 fully saturated rings. The highest BCUT2D eigenvalue weighted by molar-refractivity contribution is 6.37. The molecule has 0 spiro atoms. The van der Waals surface area contributed by atoms with Crippen LogP contribution in [0.1, 0.15) is 11.1 Å². The van der Waals surface area contributed by atoms with Crippen molar-refractivity contribution in [3.8, 4) is 0 Å². The molecule has 0 saturated heterocycles. The van der Waals surface area contributed by atoms with Crippen molar-refractivity contribution in [1.82, 2.24) is 0 Å². The maximum absolute atomic E-state index is 13.5. The van der Waals surface area contributed by atoms with Crippen LogP contribution in [0, 0.1) is 0 Å². The normalized spacial score (nSPS) is 14.4. The van der Waals surface area contributed by atoms with Gasteiger partial charge in [0.1, 0.15) is 0 Å². The summed E-state index contributed by atoms with van der Waals surface area (Å²) in [6.07, 6.45) is -19.5. The summed E-state index contributed by atoms with van der Waals surface area (Å²) in [5, 5.41) is 9.47. The average molecular weight is 452 g/mol. The van der Waals surface area contributed by atoms with Gasteiger partial charge in [0.05, 0.1) is 5.56 Å². The molecule has 152 valence electrons. The molecule has 14 heteroatoms. The Morgan fingerprint density at radius 2 is 1.22 bits per heavy atom. The third-order valence-electron chi connectivity index (χ3n) is 3.00. The molecule has 1 rings (SSSR count). The van der Waals surface area contributed by atoms with Gasteiger partial charge in [0.2, 0.25) is 5.78 Å². The Morgan fingerprint density at radius 1 is 0.852 bits per heavy atom. The third kappa shape index (κ3) is 4.42. The van der Waals surface area contributed by atoms with Gasteiger partial charge in [0.15, 0.2) is 0 Å². The smallest absolute Gasteiger partial charge is 0.439 e. The molecule has 0 amide bonds. The molecule has 0 N–H and O–H groups in total. The first kappa shape index (κ1) is 23.3. The number of ketones is 1. The van der Waals surface area contributed by atoms with E-state index in [2.05, 4.69) is 0 Å². The summed E-state index contributed by atoms with van der Waals surface area (Å²) in [6.45, 7) is 0. The fourth-order valence-electron chi connectivity index (χ4n) is 1.70. The summed E-state index contributed by atoms with van der Waals surface area (Å²) in [6, 6.07) is 0.185. The largest absolute Gasteiger partial charge is 0.872 e. The highest BCUT2D eigenvalue weighted by Crippen LogP contribution is 2.47. The quantitative estimate of drug-likeness (QED) is 0.363. The maximum Gasteiger partial charge on any atom is 0.439 e. The van der Waals surface area contributed by atoms with E-state index < -0.39 is 63.0 Å². The molecule has 1 aromatic carbocycles. The van der Waals surface area contributed by atoms with Gasteiger partial charge in [-0.15, -0.1) is 0 Å². The molecule has 0 aromatic heterocycles. The van der Waals surface area contributed by atoms with Crippen molar-refractivity contribution >= 4 is 34.7 Å². The van der Waals surface area contributed by atoms with E-state index in [-0.39, 0.29) is 12.1 Å². The van der Waals surface area contributed by atoms with Crippen molar-refractivity contribution in [2.45, 2.75) is 24.2 Å². The Labute approximate surface area is 153 Å². The lowest BCUT2D eigenvalue weighted by Crippen LogP contribution is -2.58. The van der Waals surface area contributed by atoms with Gasteiger partial charge in [-0.1, -0.05) is 29.0 Å². The number of rotatable bonds is 3. The zero-order chi connectivity index (χ0) is 21.6. The number of benzene rings is 1. The standard InChI is InChI=1S/C13H4Cl2F10O2/c14-5-1-4(11(17,18)19)2-6(15)9(5)7(26)3-8(27)10(16,12(20,21)22)13(23,24)25/h1-3,26H/p-1/b7-3-. The average Bonchev–Trinajstić information content (AvgIpc) is 2.41. The summed E-state index contributed by atoms with van der Waals surface area (Å²) in [5.41, 5.74) is -9.13. The lowest BCUT2D eigenvalue weighted by Gasteiger charge is -2.28. The second-order valence-electron chi connectivity index (χ2n) is 4.84. The highest BCUT2D eigenvalue weighted by Gasteiger charge is 2.76. The van der Waals surface area contributed by atoms with Crippen molar-refractivity contribution in [3.63, 3.8) is 0 Å². The second-order valence-corrected chi connectivity index (χ2v) is 5.65. The van der Waals surface area contributed by atoms with Gasteiger partial charge in [-0.25, -0.2) is 4.39 Å². The lowest BCUT2D eigenvalue weighted by atomic mass is 9.97. The minimum Gasteiger partial charge on any atom is -0.872 e. The zero-order valence-corrected chi connectivity index (χ0v) is 13.6. The van der Waals surface area contributed by atoms with Crippen molar-refractivity contribution in [3.05, 3.63) is 39.4 Å². The Kier molecular flexibility index (Phi) is 6.09. The third-order valence-corrected chi connectivity index (χ3v) is 3.59. The number of carbonyl (C=O) groups is 1. The summed E-state index contributed by atoms with van der Waals surface area (Å²) in [7, 11) is 0. The van der Waals surface area contributed by atoms with E-state index in [1.54, 1.807) is 0 Å². The van der Waals surface area contributed by atoms with Crippen LogP contribution < -0.4 is 5.11 Å². The van der Waals surface area contributed by atoms with Crippen LogP contribution in [0.15, 0.2) is 18.2 Å². The molecular formula is C13H3Cl2F10O2-. The first-order chi connectivity index (χ1) is 11.8. The predicted octanol–water partition coefficient (Wildman–Crippen LogP) is 5.12. The number of hydrogen-bond acceptors (Lipinski definition) is 2. The molecule has 0 radical (unpaired) electrons. The topological polar surface area (TPSA) is 40.1 Å². The summed E-state index contributed by atoms with van der Waals surface area (Å²) in [5.74, 6) is -5.40. The summed E-state index contributed by atoms with van der Waals surface area (Å²) < 4.78 is 126. The van der Waals surface area contributed by atoms with Crippen molar-refractivity contribution in [1.29, 1.82) is 0 Å². The number of halogens is 12. The minimum atomic E-state index is -6.77. The van der Waals surface area contributed by atoms with E-state index in [1.165, 1.54) is 0 Å². The van der Waals surface area contributed by atoms with Gasteiger partial charge in [0, 0.05) is 15.6 Å². The fraction of sp³-hybridized carbons (Fsp3) is 0.308. The molecule has 2 nitrogen and oxygen atoms in total.